The van der Waals surface area contributed by atoms with Crippen LogP contribution in [-0.2, 0) is 0 Å². The smallest absolute Gasteiger partial charge is 0.263 e. The molecule has 1 aromatic carbocycles. The van der Waals surface area contributed by atoms with Gasteiger partial charge in [0.1, 0.15) is 9.88 Å². The molecule has 0 unspecified atom stereocenters. The summed E-state index contributed by atoms with van der Waals surface area (Å²) in [6.45, 7) is 0.124. The Kier molecular flexibility index (Phi) is 4.68. The van der Waals surface area contributed by atoms with Crippen LogP contribution < -0.4 is 10.6 Å². The number of carbonyl (C=O) groups excluding carboxylic acids is 2. The average molecular weight is 331 g/mol. The van der Waals surface area contributed by atoms with E-state index in [4.69, 9.17) is 5.11 Å². The molecule has 7 heteroatoms. The molecule has 0 aliphatic heterocycles. The fourth-order valence-corrected chi connectivity index (χ4v) is 2.87. The second kappa shape index (κ2) is 6.89. The van der Waals surface area contributed by atoms with Gasteiger partial charge in [0.2, 0.25) is 0 Å². The summed E-state index contributed by atoms with van der Waals surface area (Å²) >= 11 is 1.27. The van der Waals surface area contributed by atoms with Crippen LogP contribution in [0.2, 0.25) is 0 Å². The number of aliphatic hydroxyl groups excluding tert-OH is 1. The Bertz CT molecular complexity index is 708. The van der Waals surface area contributed by atoms with E-state index in [0.717, 1.165) is 18.4 Å². The van der Waals surface area contributed by atoms with E-state index < -0.39 is 0 Å². The fraction of sp³-hybridized carbons (Fsp3) is 0.312. The number of nitrogens with one attached hydrogen (secondary N) is 2. The summed E-state index contributed by atoms with van der Waals surface area (Å²) in [6, 6.07) is 7.52. The van der Waals surface area contributed by atoms with Crippen LogP contribution in [0.3, 0.4) is 0 Å². The Labute approximate surface area is 137 Å². The molecular weight excluding hydrogens is 314 g/mol. The van der Waals surface area contributed by atoms with E-state index in [1.165, 1.54) is 17.5 Å². The monoisotopic (exact) mass is 331 g/mol. The predicted molar refractivity (Wildman–Crippen MR) is 87.5 cm³/mol. The van der Waals surface area contributed by atoms with Gasteiger partial charge in [-0.3, -0.25) is 9.59 Å². The molecule has 0 saturated heterocycles. The van der Waals surface area contributed by atoms with Crippen molar-refractivity contribution in [3.05, 3.63) is 40.9 Å². The van der Waals surface area contributed by atoms with Crippen LogP contribution in [0.15, 0.2) is 30.5 Å². The molecule has 0 spiro atoms. The third-order valence-electron chi connectivity index (χ3n) is 3.43. The van der Waals surface area contributed by atoms with Crippen molar-refractivity contribution >= 4 is 23.2 Å². The van der Waals surface area contributed by atoms with Crippen LogP contribution in [0.5, 0.6) is 0 Å². The molecule has 3 rings (SSSR count). The topological polar surface area (TPSA) is 91.3 Å². The lowest BCUT2D eigenvalue weighted by molar-refractivity contribution is 0.0942. The molecule has 120 valence electrons. The zero-order chi connectivity index (χ0) is 16.2. The van der Waals surface area contributed by atoms with Gasteiger partial charge < -0.3 is 15.7 Å². The summed E-state index contributed by atoms with van der Waals surface area (Å²) in [7, 11) is 0. The number of aliphatic hydroxyl groups is 1. The second-order valence-electron chi connectivity index (χ2n) is 5.33. The molecule has 0 atom stereocenters. The molecule has 1 fully saturated rings. The van der Waals surface area contributed by atoms with Crippen LogP contribution in [0.1, 0.15) is 32.9 Å². The first-order chi connectivity index (χ1) is 11.2. The number of hydrogen-bond acceptors (Lipinski definition) is 5. The largest absolute Gasteiger partial charge is 0.395 e. The third kappa shape index (κ3) is 3.94. The number of nitrogens with zero attached hydrogens (tertiary/aromatic N) is 1. The summed E-state index contributed by atoms with van der Waals surface area (Å²) < 4.78 is 0. The minimum atomic E-state index is -0.247. The fourth-order valence-electron chi connectivity index (χ4n) is 2.03. The van der Waals surface area contributed by atoms with Crippen molar-refractivity contribution in [1.82, 2.24) is 15.6 Å². The predicted octanol–water partition coefficient (Wildman–Crippen LogP) is 1.42. The Morgan fingerprint density at radius 3 is 2.61 bits per heavy atom. The standard InChI is InChI=1S/C16H17N3O3S/c20-8-7-17-15(22)13-9-18-16(23-13)11-3-1-10(2-4-11)14(21)19-12-5-6-12/h1-4,9,12,20H,5-8H2,(H,17,22)(H,19,21). The maximum Gasteiger partial charge on any atom is 0.263 e. The number of aromatic nitrogens is 1. The number of hydrogen-bond donors (Lipinski definition) is 3. The highest BCUT2D eigenvalue weighted by Crippen LogP contribution is 2.26. The van der Waals surface area contributed by atoms with Gasteiger partial charge in [0.25, 0.3) is 11.8 Å². The van der Waals surface area contributed by atoms with Gasteiger partial charge in [-0.05, 0) is 25.0 Å². The van der Waals surface area contributed by atoms with Gasteiger partial charge in [0.15, 0.2) is 0 Å². The van der Waals surface area contributed by atoms with Crippen molar-refractivity contribution in [2.75, 3.05) is 13.2 Å². The Hall–Kier alpha value is -2.25. The quantitative estimate of drug-likeness (QED) is 0.747. The number of carbonyl (C=O) groups is 2. The molecule has 1 saturated carbocycles. The number of thiazole rings is 1. The Morgan fingerprint density at radius 2 is 1.96 bits per heavy atom. The average Bonchev–Trinajstić information content (AvgIpc) is 3.24. The maximum atomic E-state index is 11.9. The molecule has 0 bridgehead atoms. The van der Waals surface area contributed by atoms with Gasteiger partial charge in [-0.15, -0.1) is 11.3 Å². The summed E-state index contributed by atoms with van der Waals surface area (Å²) in [5.41, 5.74) is 1.48. The van der Waals surface area contributed by atoms with Crippen molar-refractivity contribution in [3.8, 4) is 10.6 Å². The van der Waals surface area contributed by atoms with Crippen LogP contribution in [0.25, 0.3) is 10.6 Å². The van der Waals surface area contributed by atoms with Crippen LogP contribution in [-0.4, -0.2) is 41.1 Å². The van der Waals surface area contributed by atoms with Crippen molar-refractivity contribution < 1.29 is 14.7 Å². The highest BCUT2D eigenvalue weighted by molar-refractivity contribution is 7.16. The molecule has 23 heavy (non-hydrogen) atoms. The van der Waals surface area contributed by atoms with Crippen molar-refractivity contribution in [2.24, 2.45) is 0 Å². The van der Waals surface area contributed by atoms with E-state index in [-0.39, 0.29) is 25.0 Å². The minimum Gasteiger partial charge on any atom is -0.395 e. The summed E-state index contributed by atoms with van der Waals surface area (Å²) in [5.74, 6) is -0.300. The number of benzene rings is 1. The van der Waals surface area contributed by atoms with E-state index in [1.54, 1.807) is 12.1 Å². The van der Waals surface area contributed by atoms with E-state index in [0.29, 0.717) is 21.5 Å². The number of amides is 2. The zero-order valence-electron chi connectivity index (χ0n) is 12.4. The van der Waals surface area contributed by atoms with Gasteiger partial charge in [0.05, 0.1) is 12.8 Å². The third-order valence-corrected chi connectivity index (χ3v) is 4.48. The van der Waals surface area contributed by atoms with E-state index in [2.05, 4.69) is 15.6 Å². The molecule has 6 nitrogen and oxygen atoms in total. The number of rotatable bonds is 6. The highest BCUT2D eigenvalue weighted by Gasteiger charge is 2.23. The molecule has 2 aromatic rings. The van der Waals surface area contributed by atoms with Crippen molar-refractivity contribution in [1.29, 1.82) is 0 Å². The zero-order valence-corrected chi connectivity index (χ0v) is 13.2. The minimum absolute atomic E-state index is 0.0535. The van der Waals surface area contributed by atoms with Gasteiger partial charge in [-0.1, -0.05) is 12.1 Å². The second-order valence-corrected chi connectivity index (χ2v) is 6.36. The lowest BCUT2D eigenvalue weighted by Crippen LogP contribution is -2.25. The van der Waals surface area contributed by atoms with Crippen LogP contribution in [0, 0.1) is 0 Å². The lowest BCUT2D eigenvalue weighted by atomic mass is 10.1. The molecule has 2 amide bonds. The Morgan fingerprint density at radius 1 is 1.22 bits per heavy atom. The maximum absolute atomic E-state index is 11.9. The van der Waals surface area contributed by atoms with Crippen molar-refractivity contribution in [3.63, 3.8) is 0 Å². The van der Waals surface area contributed by atoms with Crippen LogP contribution >= 0.6 is 11.3 Å². The molecule has 1 aliphatic carbocycles. The summed E-state index contributed by atoms with van der Waals surface area (Å²) in [5, 5.41) is 15.0. The normalized spacial score (nSPS) is 13.6. The van der Waals surface area contributed by atoms with E-state index >= 15 is 0 Å². The van der Waals surface area contributed by atoms with Gasteiger partial charge in [-0.2, -0.15) is 0 Å². The first-order valence-corrected chi connectivity index (χ1v) is 8.25. The molecular formula is C16H17N3O3S. The SMILES string of the molecule is O=C(NC1CC1)c1ccc(-c2ncc(C(=O)NCCO)s2)cc1. The van der Waals surface area contributed by atoms with Crippen LogP contribution in [0.4, 0.5) is 0 Å². The first-order valence-electron chi connectivity index (χ1n) is 7.43. The van der Waals surface area contributed by atoms with Gasteiger partial charge in [0, 0.05) is 23.7 Å². The Balaban J connectivity index is 1.68. The molecule has 3 N–H and O–H groups in total. The van der Waals surface area contributed by atoms with Crippen molar-refractivity contribution in [2.45, 2.75) is 18.9 Å². The van der Waals surface area contributed by atoms with E-state index in [9.17, 15) is 9.59 Å². The molecule has 0 radical (unpaired) electrons. The van der Waals surface area contributed by atoms with Gasteiger partial charge in [-0.25, -0.2) is 4.98 Å². The highest BCUT2D eigenvalue weighted by atomic mass is 32.1. The molecule has 1 aliphatic rings. The lowest BCUT2D eigenvalue weighted by Gasteiger charge is -2.03. The molecule has 1 aromatic heterocycles. The van der Waals surface area contributed by atoms with E-state index in [1.807, 2.05) is 12.1 Å². The first kappa shape index (κ1) is 15.6. The summed E-state index contributed by atoms with van der Waals surface area (Å²) in [4.78, 5) is 28.5. The molecule has 1 heterocycles. The van der Waals surface area contributed by atoms with Gasteiger partial charge >= 0.3 is 0 Å². The summed E-state index contributed by atoms with van der Waals surface area (Å²) in [6.07, 6.45) is 3.63.